The van der Waals surface area contributed by atoms with Gasteiger partial charge in [-0.15, -0.1) is 0 Å². The van der Waals surface area contributed by atoms with E-state index in [0.29, 0.717) is 70.0 Å². The molecule has 2 fully saturated rings. The molecule has 11 heteroatoms. The van der Waals surface area contributed by atoms with Gasteiger partial charge in [0.1, 0.15) is 23.1 Å². The van der Waals surface area contributed by atoms with Gasteiger partial charge in [0.15, 0.2) is 5.78 Å². The number of halogens is 2. The molecule has 0 amide bonds. The Balaban J connectivity index is 1.53. The van der Waals surface area contributed by atoms with Gasteiger partial charge in [0.05, 0.1) is 42.6 Å². The molecule has 2 N–H and O–H groups in total. The lowest BCUT2D eigenvalue weighted by molar-refractivity contribution is -0.116. The first-order valence-corrected chi connectivity index (χ1v) is 15.4. The summed E-state index contributed by atoms with van der Waals surface area (Å²) in [6.07, 6.45) is 6.67. The van der Waals surface area contributed by atoms with Crippen molar-refractivity contribution in [3.05, 3.63) is 47.1 Å². The lowest BCUT2D eigenvalue weighted by atomic mass is 9.89. The van der Waals surface area contributed by atoms with Crippen LogP contribution in [0, 0.1) is 11.8 Å². The van der Waals surface area contributed by atoms with E-state index < -0.39 is 0 Å². The van der Waals surface area contributed by atoms with Gasteiger partial charge in [-0.3, -0.25) is 4.79 Å². The van der Waals surface area contributed by atoms with Crippen molar-refractivity contribution in [2.45, 2.75) is 31.7 Å². The van der Waals surface area contributed by atoms with Crippen molar-refractivity contribution in [3.63, 3.8) is 0 Å². The van der Waals surface area contributed by atoms with Gasteiger partial charge in [-0.1, -0.05) is 29.8 Å². The summed E-state index contributed by atoms with van der Waals surface area (Å²) in [5.41, 5.74) is 1.11. The molecule has 2 atom stereocenters. The SMILES string of the molecule is C=CC(=O)C[C@H]1CCOC[C@H]1Nc1cc2c(NCC3CCN(C)CC3)nc(-c3c(Cl)c(OC)cc(OC)c3Cl)cc2cn1. The van der Waals surface area contributed by atoms with Gasteiger partial charge in [0.25, 0.3) is 0 Å². The fourth-order valence-electron chi connectivity index (χ4n) is 5.82. The van der Waals surface area contributed by atoms with E-state index in [2.05, 4.69) is 29.2 Å². The number of benzene rings is 1. The van der Waals surface area contributed by atoms with Gasteiger partial charge >= 0.3 is 0 Å². The number of nitrogens with one attached hydrogen (secondary N) is 2. The molecule has 2 aliphatic rings. The third kappa shape index (κ3) is 7.17. The molecular formula is C32H39Cl2N5O4. The quantitative estimate of drug-likeness (QED) is 0.236. The number of likely N-dealkylation sites (tertiary alicyclic amines) is 1. The standard InChI is InChI=1S/C32H39Cl2N5O4/c1-5-22(40)12-20-8-11-43-18-25(20)37-28-14-23-21(17-35-28)13-24(29-30(33)26(41-3)15-27(42-4)31(29)34)38-32(23)36-16-19-6-9-39(2)10-7-19/h5,13-15,17,19-20,25H,1,6-12,16,18H2,2-4H3,(H,35,37)(H,36,38)/t20-,25-/m1/s1. The number of anilines is 2. The lowest BCUT2D eigenvalue weighted by Gasteiger charge is -2.32. The number of rotatable bonds is 11. The minimum atomic E-state index is -0.0488. The Hall–Kier alpha value is -3.11. The minimum absolute atomic E-state index is 0.0359. The first kappa shape index (κ1) is 31.3. The summed E-state index contributed by atoms with van der Waals surface area (Å²) in [5.74, 6) is 2.98. The number of carbonyl (C=O) groups is 1. The zero-order chi connectivity index (χ0) is 30.5. The van der Waals surface area contributed by atoms with Crippen LogP contribution in [-0.2, 0) is 9.53 Å². The molecule has 0 spiro atoms. The van der Waals surface area contributed by atoms with Crippen molar-refractivity contribution in [2.75, 3.05) is 64.7 Å². The Bertz CT molecular complexity index is 1450. The van der Waals surface area contributed by atoms with E-state index in [1.165, 1.54) is 6.08 Å². The molecule has 9 nitrogen and oxygen atoms in total. The number of methoxy groups -OCH3 is 2. The third-order valence-corrected chi connectivity index (χ3v) is 9.21. The fraction of sp³-hybridized carbons (Fsp3) is 0.469. The Morgan fingerprint density at radius 2 is 1.86 bits per heavy atom. The first-order valence-electron chi connectivity index (χ1n) is 14.6. The summed E-state index contributed by atoms with van der Waals surface area (Å²) >= 11 is 13.6. The van der Waals surface area contributed by atoms with Crippen LogP contribution < -0.4 is 20.1 Å². The summed E-state index contributed by atoms with van der Waals surface area (Å²) in [6.45, 7) is 7.71. The van der Waals surface area contributed by atoms with Crippen LogP contribution in [0.2, 0.25) is 10.0 Å². The number of allylic oxidation sites excluding steroid dienone is 1. The molecule has 230 valence electrons. The van der Waals surface area contributed by atoms with Gasteiger partial charge in [0, 0.05) is 48.2 Å². The number of ketones is 1. The Labute approximate surface area is 262 Å². The van der Waals surface area contributed by atoms with E-state index in [1.54, 1.807) is 20.3 Å². The second kappa shape index (κ2) is 14.1. The first-order chi connectivity index (χ1) is 20.8. The Morgan fingerprint density at radius 3 is 2.53 bits per heavy atom. The Kier molecular flexibility index (Phi) is 10.3. The van der Waals surface area contributed by atoms with Crippen molar-refractivity contribution < 1.29 is 19.0 Å². The zero-order valence-corrected chi connectivity index (χ0v) is 26.4. The maximum absolute atomic E-state index is 12.1. The number of ether oxygens (including phenoxy) is 3. The van der Waals surface area contributed by atoms with E-state index in [-0.39, 0.29) is 17.7 Å². The second-order valence-electron chi connectivity index (χ2n) is 11.3. The maximum Gasteiger partial charge on any atom is 0.155 e. The Morgan fingerprint density at radius 1 is 1.14 bits per heavy atom. The number of fused-ring (bicyclic) bond motifs is 1. The van der Waals surface area contributed by atoms with E-state index >= 15 is 0 Å². The van der Waals surface area contributed by atoms with Crippen LogP contribution in [0.1, 0.15) is 25.7 Å². The van der Waals surface area contributed by atoms with Gasteiger partial charge in [-0.2, -0.15) is 0 Å². The van der Waals surface area contributed by atoms with Crippen LogP contribution in [0.3, 0.4) is 0 Å². The molecule has 2 aliphatic heterocycles. The van der Waals surface area contributed by atoms with Crippen molar-refractivity contribution in [1.29, 1.82) is 0 Å². The maximum atomic E-state index is 12.1. The molecule has 2 saturated heterocycles. The average molecular weight is 629 g/mol. The van der Waals surface area contributed by atoms with Crippen LogP contribution in [0.25, 0.3) is 22.0 Å². The molecule has 1 aromatic carbocycles. The minimum Gasteiger partial charge on any atom is -0.495 e. The molecule has 4 heterocycles. The largest absolute Gasteiger partial charge is 0.495 e. The van der Waals surface area contributed by atoms with Crippen molar-refractivity contribution in [2.24, 2.45) is 11.8 Å². The number of piperidine rings is 1. The smallest absolute Gasteiger partial charge is 0.155 e. The van der Waals surface area contributed by atoms with Crippen LogP contribution in [0.15, 0.2) is 37.1 Å². The molecule has 0 aliphatic carbocycles. The van der Waals surface area contributed by atoms with Crippen molar-refractivity contribution in [3.8, 4) is 22.8 Å². The lowest BCUT2D eigenvalue weighted by Crippen LogP contribution is -2.39. The molecule has 43 heavy (non-hydrogen) atoms. The molecule has 5 rings (SSSR count). The second-order valence-corrected chi connectivity index (χ2v) is 12.1. The molecule has 3 aromatic rings. The number of hydrogen-bond donors (Lipinski definition) is 2. The molecule has 0 bridgehead atoms. The molecule has 2 aromatic heterocycles. The van der Waals surface area contributed by atoms with E-state index in [4.69, 9.17) is 47.4 Å². The molecular weight excluding hydrogens is 589 g/mol. The molecule has 0 saturated carbocycles. The normalized spacial score (nSPS) is 19.7. The number of hydrogen-bond acceptors (Lipinski definition) is 9. The predicted octanol–water partition coefficient (Wildman–Crippen LogP) is 6.34. The number of nitrogens with zero attached hydrogens (tertiary/aromatic N) is 3. The van der Waals surface area contributed by atoms with Gasteiger partial charge in [-0.05, 0) is 69.4 Å². The third-order valence-electron chi connectivity index (χ3n) is 8.46. The number of carbonyl (C=O) groups excluding carboxylic acids is 1. The van der Waals surface area contributed by atoms with Crippen LogP contribution in [0.4, 0.5) is 11.6 Å². The van der Waals surface area contributed by atoms with Gasteiger partial charge < -0.3 is 29.7 Å². The molecule has 0 radical (unpaired) electrons. The van der Waals surface area contributed by atoms with Crippen molar-refractivity contribution in [1.82, 2.24) is 14.9 Å². The summed E-state index contributed by atoms with van der Waals surface area (Å²) in [7, 11) is 5.26. The highest BCUT2D eigenvalue weighted by Gasteiger charge is 2.28. The van der Waals surface area contributed by atoms with Crippen LogP contribution in [0.5, 0.6) is 11.5 Å². The summed E-state index contributed by atoms with van der Waals surface area (Å²) in [5, 5.41) is 9.65. The highest BCUT2D eigenvalue weighted by Crippen LogP contribution is 2.46. The molecule has 0 unspecified atom stereocenters. The summed E-state index contributed by atoms with van der Waals surface area (Å²) in [6, 6.07) is 5.54. The summed E-state index contributed by atoms with van der Waals surface area (Å²) < 4.78 is 16.8. The number of aromatic nitrogens is 2. The predicted molar refractivity (Wildman–Crippen MR) is 173 cm³/mol. The average Bonchev–Trinajstić information content (AvgIpc) is 3.02. The van der Waals surface area contributed by atoms with E-state index in [0.717, 1.165) is 49.7 Å². The topological polar surface area (TPSA) is 97.8 Å². The zero-order valence-electron chi connectivity index (χ0n) is 24.9. The van der Waals surface area contributed by atoms with Gasteiger partial charge in [0.2, 0.25) is 0 Å². The van der Waals surface area contributed by atoms with Crippen molar-refractivity contribution >= 4 is 51.4 Å². The highest BCUT2D eigenvalue weighted by molar-refractivity contribution is 6.41. The van der Waals surface area contributed by atoms with Crippen LogP contribution in [-0.4, -0.2) is 80.8 Å². The number of pyridine rings is 2. The highest BCUT2D eigenvalue weighted by atomic mass is 35.5. The van der Waals surface area contributed by atoms with E-state index in [9.17, 15) is 4.79 Å². The monoisotopic (exact) mass is 627 g/mol. The van der Waals surface area contributed by atoms with Crippen LogP contribution >= 0.6 is 23.2 Å². The fourth-order valence-corrected chi connectivity index (χ4v) is 6.52. The van der Waals surface area contributed by atoms with E-state index in [1.807, 2.05) is 18.3 Å². The van der Waals surface area contributed by atoms with Gasteiger partial charge in [-0.25, -0.2) is 9.97 Å². The summed E-state index contributed by atoms with van der Waals surface area (Å²) in [4.78, 5) is 24.3.